The van der Waals surface area contributed by atoms with Gasteiger partial charge in [0.25, 0.3) is 0 Å². The molecule has 1 atom stereocenters. The Bertz CT molecular complexity index is 162. The van der Waals surface area contributed by atoms with Crippen molar-refractivity contribution in [3.63, 3.8) is 0 Å². The van der Waals surface area contributed by atoms with E-state index in [2.05, 4.69) is 0 Å². The van der Waals surface area contributed by atoms with Gasteiger partial charge in [-0.05, 0) is 32.9 Å². The van der Waals surface area contributed by atoms with Crippen molar-refractivity contribution in [2.24, 2.45) is 5.73 Å². The van der Waals surface area contributed by atoms with Crippen LogP contribution in [0.1, 0.15) is 73.6 Å². The number of rotatable bonds is 0. The molecule has 0 spiro atoms. The quantitative estimate of drug-likeness (QED) is 0.694. The van der Waals surface area contributed by atoms with Gasteiger partial charge in [-0.3, -0.25) is 4.21 Å². The maximum Gasteiger partial charge on any atom is 0.126 e. The van der Waals surface area contributed by atoms with Crippen molar-refractivity contribution >= 4 is 16.9 Å². The molecule has 19 heavy (non-hydrogen) atoms. The van der Waals surface area contributed by atoms with Crippen molar-refractivity contribution in [2.45, 2.75) is 79.7 Å². The van der Waals surface area contributed by atoms with Crippen LogP contribution in [0, 0.1) is 0 Å². The SMILES string of the molecule is CC.CC.CC(C)=O.CS(=O)[O-].NC1CCCCC1. The minimum Gasteiger partial charge on any atom is -0.773 e. The first-order valence-electron chi connectivity index (χ1n) is 7.10. The van der Waals surface area contributed by atoms with E-state index >= 15 is 0 Å². The molecule has 1 unspecified atom stereocenters. The van der Waals surface area contributed by atoms with Crippen molar-refractivity contribution in [2.75, 3.05) is 6.26 Å². The molecule has 0 amide bonds. The predicted octanol–water partition coefficient (Wildman–Crippen LogP) is 3.42. The molecule has 0 saturated heterocycles. The molecule has 1 aliphatic rings. The van der Waals surface area contributed by atoms with Crippen LogP contribution in [0.5, 0.6) is 0 Å². The van der Waals surface area contributed by atoms with E-state index in [1.807, 2.05) is 27.7 Å². The third-order valence-corrected chi connectivity index (χ3v) is 1.65. The average Bonchev–Trinajstić information content (AvgIpc) is 2.34. The second-order valence-corrected chi connectivity index (χ2v) is 4.51. The zero-order valence-electron chi connectivity index (χ0n) is 13.8. The fourth-order valence-corrected chi connectivity index (χ4v) is 1.13. The highest BCUT2D eigenvalue weighted by molar-refractivity contribution is 7.78. The Morgan fingerprint density at radius 1 is 1.05 bits per heavy atom. The number of ketones is 1. The minimum absolute atomic E-state index is 0.167. The lowest BCUT2D eigenvalue weighted by molar-refractivity contribution is -0.114. The lowest BCUT2D eigenvalue weighted by Crippen LogP contribution is -2.22. The first-order chi connectivity index (χ1) is 8.86. The van der Waals surface area contributed by atoms with Crippen LogP contribution in [0.2, 0.25) is 0 Å². The second-order valence-electron chi connectivity index (χ2n) is 3.71. The summed E-state index contributed by atoms with van der Waals surface area (Å²) in [4.78, 5) is 9.44. The van der Waals surface area contributed by atoms with Gasteiger partial charge in [-0.15, -0.1) is 0 Å². The molecule has 1 aliphatic carbocycles. The van der Waals surface area contributed by atoms with Crippen LogP contribution >= 0.6 is 0 Å². The van der Waals surface area contributed by atoms with Crippen LogP contribution in [0.25, 0.3) is 0 Å². The maximum atomic E-state index is 9.44. The van der Waals surface area contributed by atoms with Crippen LogP contribution < -0.4 is 5.73 Å². The summed E-state index contributed by atoms with van der Waals surface area (Å²) in [6.45, 7) is 11.1. The Morgan fingerprint density at radius 2 is 1.26 bits per heavy atom. The number of hydrogen-bond acceptors (Lipinski definition) is 4. The van der Waals surface area contributed by atoms with Crippen LogP contribution in [0.4, 0.5) is 0 Å². The Hall–Kier alpha value is -0.260. The van der Waals surface area contributed by atoms with E-state index in [-0.39, 0.29) is 5.78 Å². The van der Waals surface area contributed by atoms with Crippen molar-refractivity contribution < 1.29 is 13.6 Å². The lowest BCUT2D eigenvalue weighted by atomic mass is 9.97. The minimum atomic E-state index is -1.86. The fraction of sp³-hybridized carbons (Fsp3) is 0.929. The Kier molecular flexibility index (Phi) is 37.6. The molecule has 1 fully saturated rings. The van der Waals surface area contributed by atoms with Gasteiger partial charge < -0.3 is 15.1 Å². The van der Waals surface area contributed by atoms with Gasteiger partial charge in [-0.1, -0.05) is 58.0 Å². The van der Waals surface area contributed by atoms with Gasteiger partial charge in [0.15, 0.2) is 0 Å². The van der Waals surface area contributed by atoms with E-state index in [9.17, 15) is 4.79 Å². The van der Waals surface area contributed by atoms with Crippen LogP contribution in [0.15, 0.2) is 0 Å². The largest absolute Gasteiger partial charge is 0.773 e. The van der Waals surface area contributed by atoms with Crippen LogP contribution in [0.3, 0.4) is 0 Å². The summed E-state index contributed by atoms with van der Waals surface area (Å²) in [5.41, 5.74) is 5.63. The van der Waals surface area contributed by atoms with Gasteiger partial charge in [0.1, 0.15) is 5.78 Å². The van der Waals surface area contributed by atoms with E-state index in [1.54, 1.807) is 0 Å². The van der Waals surface area contributed by atoms with Crippen LogP contribution in [-0.2, 0) is 15.9 Å². The summed E-state index contributed by atoms with van der Waals surface area (Å²) in [5, 5.41) is 0. The molecule has 4 nitrogen and oxygen atoms in total. The van der Waals surface area contributed by atoms with E-state index in [1.165, 1.54) is 46.0 Å². The lowest BCUT2D eigenvalue weighted by Gasteiger charge is -2.15. The van der Waals surface area contributed by atoms with E-state index < -0.39 is 11.1 Å². The van der Waals surface area contributed by atoms with Crippen molar-refractivity contribution in [3.05, 3.63) is 0 Å². The molecule has 1 saturated carbocycles. The van der Waals surface area contributed by atoms with Gasteiger partial charge in [-0.2, -0.15) is 0 Å². The molecule has 0 radical (unpaired) electrons. The number of Topliss-reactive ketones (excluding diaryl/α,β-unsaturated/α-hetero) is 1. The molecule has 0 aromatic carbocycles. The first-order valence-corrected chi connectivity index (χ1v) is 8.58. The average molecular weight is 296 g/mol. The van der Waals surface area contributed by atoms with Gasteiger partial charge in [0.2, 0.25) is 0 Å². The monoisotopic (exact) mass is 296 g/mol. The first kappa shape index (κ1) is 27.1. The molecule has 5 heteroatoms. The smallest absolute Gasteiger partial charge is 0.126 e. The van der Waals surface area contributed by atoms with Crippen molar-refractivity contribution in [1.29, 1.82) is 0 Å². The number of hydrogen-bond donors (Lipinski definition) is 1. The fourth-order valence-electron chi connectivity index (χ4n) is 1.13. The zero-order chi connectivity index (χ0) is 16.3. The summed E-state index contributed by atoms with van der Waals surface area (Å²) in [6.07, 6.45) is 7.75. The zero-order valence-corrected chi connectivity index (χ0v) is 14.6. The molecule has 2 N–H and O–H groups in total. The highest BCUT2D eigenvalue weighted by Gasteiger charge is 2.06. The summed E-state index contributed by atoms with van der Waals surface area (Å²) in [6, 6.07) is 0.536. The summed E-state index contributed by atoms with van der Waals surface area (Å²) in [7, 11) is 0. The molecule has 120 valence electrons. The van der Waals surface area contributed by atoms with Crippen LogP contribution in [-0.4, -0.2) is 26.8 Å². The number of nitrogens with two attached hydrogens (primary N) is 1. The molecular weight excluding hydrogens is 262 g/mol. The normalized spacial score (nSPS) is 14.6. The maximum absolute atomic E-state index is 9.44. The standard InChI is InChI=1S/C6H13N.C3H6O.2C2H6.CH4O2S/c7-6-4-2-1-3-5-6;1-3(2)4;2*1-2;1-4(2)3/h6H,1-5,7H2;1-2H3;2*1-2H3;1H3,(H,2,3)/p-1. The predicted molar refractivity (Wildman–Crippen MR) is 85.0 cm³/mol. The molecule has 0 bridgehead atoms. The summed E-state index contributed by atoms with van der Waals surface area (Å²) in [5.74, 6) is 0.167. The van der Waals surface area contributed by atoms with Gasteiger partial charge in [0, 0.05) is 6.04 Å². The highest BCUT2D eigenvalue weighted by atomic mass is 32.2. The van der Waals surface area contributed by atoms with E-state index in [4.69, 9.17) is 14.5 Å². The molecule has 1 rings (SSSR count). The van der Waals surface area contributed by atoms with E-state index in [0.29, 0.717) is 6.04 Å². The van der Waals surface area contributed by atoms with Crippen molar-refractivity contribution in [3.8, 4) is 0 Å². The number of carbonyl (C=O) groups excluding carboxylic acids is 1. The van der Waals surface area contributed by atoms with Gasteiger partial charge in [-0.25, -0.2) is 0 Å². The van der Waals surface area contributed by atoms with Gasteiger partial charge in [0.05, 0.1) is 0 Å². The molecular formula is C14H34NO3S-. The Balaban J connectivity index is -0.0000000826. The van der Waals surface area contributed by atoms with Crippen molar-refractivity contribution in [1.82, 2.24) is 0 Å². The number of carbonyl (C=O) groups is 1. The summed E-state index contributed by atoms with van der Waals surface area (Å²) >= 11 is -1.86. The highest BCUT2D eigenvalue weighted by Crippen LogP contribution is 2.14. The third kappa shape index (κ3) is 73.4. The second kappa shape index (κ2) is 26.3. The molecule has 0 heterocycles. The molecule has 0 aliphatic heterocycles. The summed E-state index contributed by atoms with van der Waals surface area (Å²) < 4.78 is 18.0. The van der Waals surface area contributed by atoms with E-state index in [0.717, 1.165) is 6.26 Å². The van der Waals surface area contributed by atoms with Gasteiger partial charge >= 0.3 is 0 Å². The Labute approximate surface area is 122 Å². The Morgan fingerprint density at radius 3 is 1.37 bits per heavy atom. The third-order valence-electron chi connectivity index (χ3n) is 1.65. The molecule has 0 aromatic rings. The molecule has 0 aromatic heterocycles. The topological polar surface area (TPSA) is 83.2 Å².